The molecule has 0 spiro atoms. The Labute approximate surface area is 268 Å². The van der Waals surface area contributed by atoms with E-state index in [0.29, 0.717) is 12.8 Å². The van der Waals surface area contributed by atoms with Gasteiger partial charge in [-0.15, -0.1) is 0 Å². The number of phenols is 1. The average Bonchev–Trinajstić information content (AvgIpc) is 3.03. The molecule has 12 atom stereocenters. The van der Waals surface area contributed by atoms with Gasteiger partial charge in [0.05, 0.1) is 7.11 Å². The molecule has 0 amide bonds. The molecular weight excluding hydrogens is 628 g/mol. The summed E-state index contributed by atoms with van der Waals surface area (Å²) in [6.45, 7) is 4.03. The lowest BCUT2D eigenvalue weighted by atomic mass is 9.85. The molecule has 9 N–H and O–H groups in total. The number of aliphatic hydroxyl groups is 6. The van der Waals surface area contributed by atoms with Gasteiger partial charge < -0.3 is 69.6 Å². The van der Waals surface area contributed by atoms with E-state index in [9.17, 15) is 55.5 Å². The van der Waals surface area contributed by atoms with Crippen LogP contribution in [0.25, 0.3) is 0 Å². The summed E-state index contributed by atoms with van der Waals surface area (Å²) in [6.07, 6.45) is -16.8. The maximum absolute atomic E-state index is 11.4. The molecule has 2 saturated heterocycles. The van der Waals surface area contributed by atoms with E-state index in [1.165, 1.54) is 19.2 Å². The number of rotatable bonds is 12. The standard InChI is InChI=1S/C31H40O16/c1-12(8-14-4-6-16(32)18(10-14)45-31-25(38)21(34)23(36)27(47-31)29(41)42)13(2)9-15-5-7-17(19(11-15)43-3)44-30-24(37)20(33)22(35)26(46-30)28(39)40/h4-7,10-13,20-27,30-38H,8-9H2,1-3H3,(H,39,40)(H,41,42)/t12-,13+,20+,21+,22+,23+,24-,25-,26+,27+,30-,31-/m0/s1. The third-order valence-electron chi connectivity index (χ3n) is 8.45. The van der Waals surface area contributed by atoms with Crippen molar-refractivity contribution in [1.82, 2.24) is 0 Å². The third-order valence-corrected chi connectivity index (χ3v) is 8.45. The monoisotopic (exact) mass is 668 g/mol. The minimum atomic E-state index is -1.89. The lowest BCUT2D eigenvalue weighted by Crippen LogP contribution is -2.61. The van der Waals surface area contributed by atoms with Crippen LogP contribution >= 0.6 is 0 Å². The fourth-order valence-electron chi connectivity index (χ4n) is 5.41. The Balaban J connectivity index is 1.40. The zero-order valence-electron chi connectivity index (χ0n) is 25.7. The summed E-state index contributed by atoms with van der Waals surface area (Å²) in [5, 5.41) is 89.4. The molecule has 16 nitrogen and oxygen atoms in total. The quantitative estimate of drug-likeness (QED) is 0.131. The van der Waals surface area contributed by atoms with Crippen molar-refractivity contribution in [3.05, 3.63) is 47.5 Å². The van der Waals surface area contributed by atoms with E-state index >= 15 is 0 Å². The molecule has 0 aromatic heterocycles. The highest BCUT2D eigenvalue weighted by atomic mass is 16.7. The summed E-state index contributed by atoms with van der Waals surface area (Å²) in [5.41, 5.74) is 1.58. The molecule has 0 radical (unpaired) electrons. The van der Waals surface area contributed by atoms with Crippen LogP contribution in [0.4, 0.5) is 0 Å². The van der Waals surface area contributed by atoms with Gasteiger partial charge in [0.25, 0.3) is 0 Å². The average molecular weight is 669 g/mol. The van der Waals surface area contributed by atoms with Crippen molar-refractivity contribution in [1.29, 1.82) is 0 Å². The Kier molecular flexibility index (Phi) is 11.5. The van der Waals surface area contributed by atoms with Gasteiger partial charge >= 0.3 is 11.9 Å². The van der Waals surface area contributed by atoms with Gasteiger partial charge in [-0.1, -0.05) is 26.0 Å². The van der Waals surface area contributed by atoms with Crippen LogP contribution in [-0.2, 0) is 31.9 Å². The van der Waals surface area contributed by atoms with Crippen molar-refractivity contribution in [3.63, 3.8) is 0 Å². The summed E-state index contributed by atoms with van der Waals surface area (Å²) in [6, 6.07) is 9.53. The highest BCUT2D eigenvalue weighted by Gasteiger charge is 2.49. The second-order valence-electron chi connectivity index (χ2n) is 11.9. The number of carboxylic acid groups (broad SMARTS) is 2. The topological polar surface area (TPSA) is 262 Å². The number of aliphatic hydroxyl groups excluding tert-OH is 6. The van der Waals surface area contributed by atoms with Crippen molar-refractivity contribution in [3.8, 4) is 23.0 Å². The molecule has 260 valence electrons. The van der Waals surface area contributed by atoms with Crippen LogP contribution in [0.1, 0.15) is 25.0 Å². The Bertz CT molecular complexity index is 1400. The van der Waals surface area contributed by atoms with Gasteiger partial charge in [-0.2, -0.15) is 0 Å². The van der Waals surface area contributed by atoms with Gasteiger partial charge in [0, 0.05) is 0 Å². The largest absolute Gasteiger partial charge is 0.504 e. The highest BCUT2D eigenvalue weighted by molar-refractivity contribution is 5.74. The van der Waals surface area contributed by atoms with Gasteiger partial charge in [-0.05, 0) is 60.1 Å². The van der Waals surface area contributed by atoms with Crippen molar-refractivity contribution in [2.75, 3.05) is 7.11 Å². The summed E-state index contributed by atoms with van der Waals surface area (Å²) < 4.78 is 27.0. The van der Waals surface area contributed by atoms with Crippen LogP contribution in [0, 0.1) is 11.8 Å². The lowest BCUT2D eigenvalue weighted by molar-refractivity contribution is -0.271. The first-order valence-electron chi connectivity index (χ1n) is 14.8. The summed E-state index contributed by atoms with van der Waals surface area (Å²) in [7, 11) is 1.39. The Morgan fingerprint density at radius 1 is 0.660 bits per heavy atom. The van der Waals surface area contributed by atoms with E-state index in [1.54, 1.807) is 24.3 Å². The van der Waals surface area contributed by atoms with Crippen molar-refractivity contribution in [2.24, 2.45) is 11.8 Å². The zero-order valence-corrected chi connectivity index (χ0v) is 25.7. The Hall–Kier alpha value is -3.74. The van der Waals surface area contributed by atoms with Gasteiger partial charge in [0.15, 0.2) is 35.2 Å². The number of methoxy groups -OCH3 is 1. The molecule has 0 unspecified atom stereocenters. The summed E-state index contributed by atoms with van der Waals surface area (Å²) in [4.78, 5) is 22.8. The van der Waals surface area contributed by atoms with Crippen LogP contribution in [-0.4, -0.2) is 126 Å². The maximum Gasteiger partial charge on any atom is 0.335 e. The van der Waals surface area contributed by atoms with Crippen molar-refractivity contribution < 1.29 is 79.2 Å². The number of carbonyl (C=O) groups is 2. The molecule has 2 aliphatic heterocycles. The van der Waals surface area contributed by atoms with Crippen LogP contribution in [0.5, 0.6) is 23.0 Å². The molecule has 0 aliphatic carbocycles. The minimum absolute atomic E-state index is 0.0610. The molecule has 0 saturated carbocycles. The second-order valence-corrected chi connectivity index (χ2v) is 11.9. The van der Waals surface area contributed by atoms with E-state index < -0.39 is 73.4 Å². The third kappa shape index (κ3) is 8.05. The second kappa shape index (κ2) is 15.0. The highest BCUT2D eigenvalue weighted by Crippen LogP contribution is 2.35. The number of aliphatic carboxylic acids is 2. The number of carboxylic acids is 2. The van der Waals surface area contributed by atoms with Crippen LogP contribution in [0.2, 0.25) is 0 Å². The SMILES string of the molecule is COc1cc(C[C@@H](C)[C@@H](C)Cc2ccc(O)c(O[C@H]3O[C@@H](C(=O)O)[C@H](O)[C@@H](O)[C@@H]3O)c2)ccc1O[C@H]1O[C@@H](C(=O)O)[C@H](O)[C@@H](O)[C@@H]1O. The number of aromatic hydroxyl groups is 1. The minimum Gasteiger partial charge on any atom is -0.504 e. The molecule has 2 aromatic carbocycles. The molecule has 2 heterocycles. The number of hydrogen-bond acceptors (Lipinski definition) is 14. The number of hydrogen-bond donors (Lipinski definition) is 9. The molecule has 2 aromatic rings. The van der Waals surface area contributed by atoms with E-state index in [0.717, 1.165) is 11.1 Å². The molecule has 47 heavy (non-hydrogen) atoms. The van der Waals surface area contributed by atoms with E-state index in [4.69, 9.17) is 23.7 Å². The number of phenolic OH excluding ortho intramolecular Hbond substituents is 1. The maximum atomic E-state index is 11.4. The summed E-state index contributed by atoms with van der Waals surface area (Å²) in [5.74, 6) is -3.04. The molecule has 4 rings (SSSR count). The van der Waals surface area contributed by atoms with Gasteiger partial charge in [0.1, 0.15) is 36.6 Å². The van der Waals surface area contributed by atoms with Crippen molar-refractivity contribution >= 4 is 11.9 Å². The zero-order chi connectivity index (χ0) is 34.7. The molecule has 16 heteroatoms. The lowest BCUT2D eigenvalue weighted by Gasteiger charge is -2.38. The van der Waals surface area contributed by atoms with Gasteiger partial charge in [0.2, 0.25) is 12.6 Å². The molecule has 2 aliphatic rings. The first-order chi connectivity index (χ1) is 22.1. The fraction of sp³-hybridized carbons (Fsp3) is 0.548. The van der Waals surface area contributed by atoms with E-state index in [1.807, 2.05) is 13.8 Å². The molecule has 2 fully saturated rings. The van der Waals surface area contributed by atoms with E-state index in [-0.39, 0.29) is 34.8 Å². The fourth-order valence-corrected chi connectivity index (χ4v) is 5.41. The summed E-state index contributed by atoms with van der Waals surface area (Å²) >= 11 is 0. The number of benzene rings is 2. The number of ether oxygens (including phenoxy) is 5. The first-order valence-corrected chi connectivity index (χ1v) is 14.8. The first kappa shape index (κ1) is 36.1. The molecular formula is C31H40O16. The predicted octanol–water partition coefficient (Wildman–Crippen LogP) is -1.000. The smallest absolute Gasteiger partial charge is 0.335 e. The van der Waals surface area contributed by atoms with Crippen LogP contribution in [0.15, 0.2) is 36.4 Å². The molecule has 0 bridgehead atoms. The Morgan fingerprint density at radius 2 is 1.09 bits per heavy atom. The van der Waals surface area contributed by atoms with Gasteiger partial charge in [-0.3, -0.25) is 0 Å². The van der Waals surface area contributed by atoms with Crippen LogP contribution in [0.3, 0.4) is 0 Å². The van der Waals surface area contributed by atoms with Gasteiger partial charge in [-0.25, -0.2) is 9.59 Å². The van der Waals surface area contributed by atoms with Crippen LogP contribution < -0.4 is 14.2 Å². The van der Waals surface area contributed by atoms with Crippen molar-refractivity contribution in [2.45, 2.75) is 88.1 Å². The predicted molar refractivity (Wildman–Crippen MR) is 157 cm³/mol. The Morgan fingerprint density at radius 3 is 1.53 bits per heavy atom. The van der Waals surface area contributed by atoms with E-state index in [2.05, 4.69) is 0 Å². The normalized spacial score (nSPS) is 32.2.